The highest BCUT2D eigenvalue weighted by atomic mass is 16.5. The van der Waals surface area contributed by atoms with Crippen LogP contribution in [-0.4, -0.2) is 36.3 Å². The summed E-state index contributed by atoms with van der Waals surface area (Å²) in [5, 5.41) is 8.74. The molecule has 0 saturated carbocycles. The standard InChI is InChI=1S/C11H12N2O3/c1-3-6-13(8-11(14)15)9-4-5-12-10(7-9)16-2/h1,4-5,7H,6,8H2,2H3,(H,14,15). The van der Waals surface area contributed by atoms with E-state index in [-0.39, 0.29) is 13.1 Å². The molecule has 0 unspecified atom stereocenters. The predicted molar refractivity (Wildman–Crippen MR) is 59.5 cm³/mol. The van der Waals surface area contributed by atoms with E-state index in [0.717, 1.165) is 0 Å². The number of methoxy groups -OCH3 is 1. The largest absolute Gasteiger partial charge is 0.481 e. The zero-order valence-corrected chi connectivity index (χ0v) is 8.88. The van der Waals surface area contributed by atoms with Gasteiger partial charge < -0.3 is 14.7 Å². The molecule has 84 valence electrons. The summed E-state index contributed by atoms with van der Waals surface area (Å²) in [6.07, 6.45) is 6.72. The molecule has 0 radical (unpaired) electrons. The maximum absolute atomic E-state index is 10.7. The second-order valence-corrected chi connectivity index (χ2v) is 3.01. The average molecular weight is 220 g/mol. The van der Waals surface area contributed by atoms with Gasteiger partial charge >= 0.3 is 5.97 Å². The second-order valence-electron chi connectivity index (χ2n) is 3.01. The summed E-state index contributed by atoms with van der Waals surface area (Å²) in [5.74, 6) is 1.89. The summed E-state index contributed by atoms with van der Waals surface area (Å²) >= 11 is 0. The molecule has 1 aromatic rings. The van der Waals surface area contributed by atoms with Gasteiger partial charge in [0.1, 0.15) is 6.54 Å². The molecule has 0 amide bonds. The number of terminal acetylenes is 1. The Hall–Kier alpha value is -2.22. The van der Waals surface area contributed by atoms with E-state index >= 15 is 0 Å². The van der Waals surface area contributed by atoms with Crippen molar-refractivity contribution in [3.05, 3.63) is 18.3 Å². The summed E-state index contributed by atoms with van der Waals surface area (Å²) in [5.41, 5.74) is 0.673. The van der Waals surface area contributed by atoms with Crippen LogP contribution in [0.4, 0.5) is 5.69 Å². The third-order valence-corrected chi connectivity index (χ3v) is 1.90. The third kappa shape index (κ3) is 3.17. The van der Waals surface area contributed by atoms with Crippen molar-refractivity contribution in [3.63, 3.8) is 0 Å². The first-order valence-corrected chi connectivity index (χ1v) is 4.57. The predicted octanol–water partition coefficient (Wildman–Crippen LogP) is 0.614. The van der Waals surface area contributed by atoms with Crippen LogP contribution in [0, 0.1) is 12.3 Å². The average Bonchev–Trinajstić information content (AvgIpc) is 2.28. The van der Waals surface area contributed by atoms with Gasteiger partial charge in [-0.2, -0.15) is 0 Å². The van der Waals surface area contributed by atoms with Crippen LogP contribution in [0.25, 0.3) is 0 Å². The van der Waals surface area contributed by atoms with Gasteiger partial charge in [0, 0.05) is 18.0 Å². The number of nitrogens with zero attached hydrogens (tertiary/aromatic N) is 2. The number of carboxylic acids is 1. The fourth-order valence-electron chi connectivity index (χ4n) is 1.22. The van der Waals surface area contributed by atoms with Crippen molar-refractivity contribution in [3.8, 4) is 18.2 Å². The topological polar surface area (TPSA) is 62.7 Å². The van der Waals surface area contributed by atoms with Crippen LogP contribution < -0.4 is 9.64 Å². The minimum atomic E-state index is -0.939. The monoisotopic (exact) mass is 220 g/mol. The van der Waals surface area contributed by atoms with Crippen molar-refractivity contribution in [1.29, 1.82) is 0 Å². The molecule has 5 heteroatoms. The Morgan fingerprint density at radius 2 is 2.50 bits per heavy atom. The molecule has 1 aromatic heterocycles. The zero-order valence-electron chi connectivity index (χ0n) is 8.88. The van der Waals surface area contributed by atoms with Crippen molar-refractivity contribution in [2.24, 2.45) is 0 Å². The van der Waals surface area contributed by atoms with E-state index in [2.05, 4.69) is 10.9 Å². The Kier molecular flexibility index (Phi) is 4.16. The smallest absolute Gasteiger partial charge is 0.323 e. The van der Waals surface area contributed by atoms with Crippen molar-refractivity contribution < 1.29 is 14.6 Å². The lowest BCUT2D eigenvalue weighted by molar-refractivity contribution is -0.135. The normalized spacial score (nSPS) is 9.25. The molecule has 1 heterocycles. The van der Waals surface area contributed by atoms with Crippen LogP contribution in [0.3, 0.4) is 0 Å². The minimum Gasteiger partial charge on any atom is -0.481 e. The third-order valence-electron chi connectivity index (χ3n) is 1.90. The number of ether oxygens (including phenoxy) is 1. The van der Waals surface area contributed by atoms with Crippen LogP contribution in [0.2, 0.25) is 0 Å². The van der Waals surface area contributed by atoms with Gasteiger partial charge in [-0.15, -0.1) is 6.42 Å². The van der Waals surface area contributed by atoms with E-state index < -0.39 is 5.97 Å². The van der Waals surface area contributed by atoms with Crippen LogP contribution in [0.15, 0.2) is 18.3 Å². The summed E-state index contributed by atoms with van der Waals surface area (Å²) in [4.78, 5) is 16.1. The van der Waals surface area contributed by atoms with E-state index in [4.69, 9.17) is 16.3 Å². The number of aromatic nitrogens is 1. The van der Waals surface area contributed by atoms with Gasteiger partial charge in [-0.1, -0.05) is 5.92 Å². The van der Waals surface area contributed by atoms with E-state index in [0.29, 0.717) is 11.6 Å². The van der Waals surface area contributed by atoms with Crippen molar-refractivity contribution in [2.45, 2.75) is 0 Å². The number of rotatable bonds is 5. The summed E-state index contributed by atoms with van der Waals surface area (Å²) in [6.45, 7) is 0.0663. The summed E-state index contributed by atoms with van der Waals surface area (Å²) < 4.78 is 4.95. The highest BCUT2D eigenvalue weighted by Crippen LogP contribution is 2.17. The van der Waals surface area contributed by atoms with E-state index in [1.165, 1.54) is 7.11 Å². The fourth-order valence-corrected chi connectivity index (χ4v) is 1.22. The lowest BCUT2D eigenvalue weighted by atomic mass is 10.3. The molecular formula is C11H12N2O3. The second kappa shape index (κ2) is 5.61. The van der Waals surface area contributed by atoms with E-state index in [9.17, 15) is 4.79 Å². The van der Waals surface area contributed by atoms with Crippen LogP contribution in [0.1, 0.15) is 0 Å². The van der Waals surface area contributed by atoms with Gasteiger partial charge in [0.15, 0.2) is 0 Å². The van der Waals surface area contributed by atoms with Crippen molar-refractivity contribution in [1.82, 2.24) is 4.98 Å². The lowest BCUT2D eigenvalue weighted by Gasteiger charge is -2.20. The molecular weight excluding hydrogens is 208 g/mol. The molecule has 0 bridgehead atoms. The zero-order chi connectivity index (χ0) is 12.0. The summed E-state index contributed by atoms with van der Waals surface area (Å²) in [6, 6.07) is 3.32. The Balaban J connectivity index is 2.91. The van der Waals surface area contributed by atoms with Gasteiger partial charge in [-0.05, 0) is 6.07 Å². The molecule has 0 aliphatic rings. The summed E-state index contributed by atoms with van der Waals surface area (Å²) in [7, 11) is 1.49. The fraction of sp³-hybridized carbons (Fsp3) is 0.273. The number of anilines is 1. The highest BCUT2D eigenvalue weighted by Gasteiger charge is 2.10. The van der Waals surface area contributed by atoms with Crippen LogP contribution in [0.5, 0.6) is 5.88 Å². The highest BCUT2D eigenvalue weighted by molar-refractivity contribution is 5.74. The Morgan fingerprint density at radius 1 is 1.75 bits per heavy atom. The molecule has 0 atom stereocenters. The molecule has 0 aliphatic heterocycles. The first-order valence-electron chi connectivity index (χ1n) is 4.57. The molecule has 1 rings (SSSR count). The quantitative estimate of drug-likeness (QED) is 0.737. The number of pyridine rings is 1. The van der Waals surface area contributed by atoms with Crippen molar-refractivity contribution in [2.75, 3.05) is 25.1 Å². The van der Waals surface area contributed by atoms with Crippen LogP contribution >= 0.6 is 0 Å². The van der Waals surface area contributed by atoms with Gasteiger partial charge in [0.2, 0.25) is 5.88 Å². The van der Waals surface area contributed by atoms with E-state index in [1.54, 1.807) is 23.2 Å². The van der Waals surface area contributed by atoms with Crippen LogP contribution in [-0.2, 0) is 4.79 Å². The molecule has 0 aromatic carbocycles. The molecule has 0 aliphatic carbocycles. The SMILES string of the molecule is C#CCN(CC(=O)O)c1ccnc(OC)c1. The van der Waals surface area contributed by atoms with Gasteiger partial charge in [0.25, 0.3) is 0 Å². The van der Waals surface area contributed by atoms with Gasteiger partial charge in [-0.25, -0.2) is 4.98 Å². The molecule has 16 heavy (non-hydrogen) atoms. The Labute approximate surface area is 93.7 Å². The number of aliphatic carboxylic acids is 1. The number of hydrogen-bond donors (Lipinski definition) is 1. The first kappa shape index (κ1) is 11.9. The lowest BCUT2D eigenvalue weighted by Crippen LogP contribution is -2.29. The maximum Gasteiger partial charge on any atom is 0.323 e. The Morgan fingerprint density at radius 3 is 3.06 bits per heavy atom. The number of carbonyl (C=O) groups is 1. The molecule has 0 spiro atoms. The first-order chi connectivity index (χ1) is 7.67. The molecule has 5 nitrogen and oxygen atoms in total. The van der Waals surface area contributed by atoms with Gasteiger partial charge in [0.05, 0.1) is 13.7 Å². The van der Waals surface area contributed by atoms with Gasteiger partial charge in [-0.3, -0.25) is 4.79 Å². The number of hydrogen-bond acceptors (Lipinski definition) is 4. The van der Waals surface area contributed by atoms with Crippen molar-refractivity contribution >= 4 is 11.7 Å². The molecule has 1 N–H and O–H groups in total. The maximum atomic E-state index is 10.7. The van der Waals surface area contributed by atoms with E-state index in [1.807, 2.05) is 0 Å². The number of carboxylic acid groups (broad SMARTS) is 1. The molecule has 0 saturated heterocycles. The molecule has 0 fully saturated rings. The minimum absolute atomic E-state index is 0.155. The Bertz CT molecular complexity index is 412.